The molecule has 0 aromatic rings. The molecule has 0 aliphatic heterocycles. The predicted octanol–water partition coefficient (Wildman–Crippen LogP) is 12.6. The van der Waals surface area contributed by atoms with Gasteiger partial charge in [-0.2, -0.15) is 5.06 Å². The van der Waals surface area contributed by atoms with Crippen LogP contribution in [0.1, 0.15) is 207 Å². The van der Waals surface area contributed by atoms with Crippen LogP contribution in [0, 0.1) is 5.41 Å². The highest BCUT2D eigenvalue weighted by molar-refractivity contribution is 5.67. The maximum atomic E-state index is 12.6. The van der Waals surface area contributed by atoms with Gasteiger partial charge in [0.2, 0.25) is 0 Å². The molecule has 1 amide bonds. The predicted molar refractivity (Wildman–Crippen MR) is 225 cm³/mol. The lowest BCUT2D eigenvalue weighted by Gasteiger charge is -2.25. The molecular weight excluding hydrogens is 665 g/mol. The van der Waals surface area contributed by atoms with E-state index in [0.29, 0.717) is 39.5 Å². The smallest absolute Gasteiger partial charge is 0.407 e. The maximum absolute atomic E-state index is 12.6. The van der Waals surface area contributed by atoms with Crippen LogP contribution >= 0.6 is 0 Å². The van der Waals surface area contributed by atoms with Gasteiger partial charge in [0.1, 0.15) is 6.61 Å². The zero-order chi connectivity index (χ0) is 38.9. The summed E-state index contributed by atoms with van der Waals surface area (Å²) in [7, 11) is 3.50. The molecule has 0 rings (SSSR count). The Morgan fingerprint density at radius 3 is 1.42 bits per heavy atom. The number of hydrogen-bond donors (Lipinski definition) is 1. The molecule has 8 heteroatoms. The van der Waals surface area contributed by atoms with Crippen LogP contribution < -0.4 is 5.32 Å². The summed E-state index contributed by atoms with van der Waals surface area (Å²) in [5, 5.41) is 4.64. The van der Waals surface area contributed by atoms with Crippen molar-refractivity contribution in [2.75, 3.05) is 66.9 Å². The lowest BCUT2D eigenvalue weighted by atomic mass is 9.96. The minimum Gasteiger partial charge on any atom is -0.449 e. The summed E-state index contributed by atoms with van der Waals surface area (Å²) in [6.07, 6.45) is 37.1. The number of likely N-dealkylation sites (N-methyl/N-ethyl adjacent to an activating group) is 1. The number of rotatable bonds is 43. The monoisotopic (exact) mass is 757 g/mol. The van der Waals surface area contributed by atoms with Crippen LogP contribution in [0.5, 0.6) is 0 Å². The highest BCUT2D eigenvalue weighted by atomic mass is 16.7. The SMILES string of the molecule is CCCCCCCCCCCCCCCCOCC(CNC(=O)OCC(C)(C)COCCN(C)OC)OCCCCCCCCCCCCCCCC. The van der Waals surface area contributed by atoms with Crippen molar-refractivity contribution in [2.45, 2.75) is 214 Å². The minimum atomic E-state index is -0.422. The molecule has 1 unspecified atom stereocenters. The van der Waals surface area contributed by atoms with Crippen LogP contribution in [-0.4, -0.2) is 84.1 Å². The highest BCUT2D eigenvalue weighted by Crippen LogP contribution is 2.17. The van der Waals surface area contributed by atoms with Crippen molar-refractivity contribution < 1.29 is 28.6 Å². The molecule has 0 aliphatic carbocycles. The van der Waals surface area contributed by atoms with Gasteiger partial charge in [-0.1, -0.05) is 195 Å². The fourth-order valence-electron chi connectivity index (χ4n) is 6.51. The van der Waals surface area contributed by atoms with Crippen LogP contribution in [0.15, 0.2) is 0 Å². The van der Waals surface area contributed by atoms with Gasteiger partial charge in [0.15, 0.2) is 0 Å². The molecule has 0 aliphatic rings. The summed E-state index contributed by atoms with van der Waals surface area (Å²) in [6, 6.07) is 0. The van der Waals surface area contributed by atoms with Gasteiger partial charge < -0.3 is 29.1 Å². The second kappa shape index (κ2) is 40.7. The summed E-state index contributed by atoms with van der Waals surface area (Å²) >= 11 is 0. The van der Waals surface area contributed by atoms with Crippen molar-refractivity contribution in [3.05, 3.63) is 0 Å². The third-order valence-electron chi connectivity index (χ3n) is 10.2. The third-order valence-corrected chi connectivity index (χ3v) is 10.2. The second-order valence-corrected chi connectivity index (χ2v) is 16.5. The number of nitrogens with zero attached hydrogens (tertiary/aromatic N) is 1. The lowest BCUT2D eigenvalue weighted by molar-refractivity contribution is -0.122. The molecule has 0 heterocycles. The Balaban J connectivity index is 4.23. The Morgan fingerprint density at radius 1 is 0.566 bits per heavy atom. The van der Waals surface area contributed by atoms with Gasteiger partial charge in [0, 0.05) is 38.8 Å². The van der Waals surface area contributed by atoms with Crippen LogP contribution in [-0.2, 0) is 23.8 Å². The summed E-state index contributed by atoms with van der Waals surface area (Å²) < 4.78 is 23.6. The zero-order valence-electron chi connectivity index (χ0n) is 36.4. The first kappa shape index (κ1) is 52.1. The van der Waals surface area contributed by atoms with Gasteiger partial charge in [-0.05, 0) is 12.8 Å². The first-order chi connectivity index (χ1) is 25.8. The number of carbonyl (C=O) groups excluding carboxylic acids is 1. The number of alkyl carbamates (subject to hydrolysis) is 1. The molecule has 53 heavy (non-hydrogen) atoms. The van der Waals surface area contributed by atoms with Crippen molar-refractivity contribution in [1.29, 1.82) is 0 Å². The third kappa shape index (κ3) is 40.5. The molecule has 0 spiro atoms. The molecule has 0 aromatic heterocycles. The Hall–Kier alpha value is -0.930. The van der Waals surface area contributed by atoms with E-state index in [-0.39, 0.29) is 18.1 Å². The minimum absolute atomic E-state index is 0.176. The maximum Gasteiger partial charge on any atom is 0.407 e. The number of amides is 1. The standard InChI is InChI=1S/C45H92N2O6/c1-7-9-11-13-15-17-19-21-23-25-27-29-31-33-36-50-40-43(39-46-44(48)53-42-45(3,4)41-51-38-35-47(5)49-6)52-37-34-32-30-28-26-24-22-20-18-16-14-12-10-8-2/h43H,7-42H2,1-6H3,(H,46,48). The van der Waals surface area contributed by atoms with Crippen LogP contribution in [0.25, 0.3) is 0 Å². The zero-order valence-corrected chi connectivity index (χ0v) is 36.4. The first-order valence-electron chi connectivity index (χ1n) is 22.8. The van der Waals surface area contributed by atoms with E-state index in [0.717, 1.165) is 19.4 Å². The van der Waals surface area contributed by atoms with Gasteiger partial charge >= 0.3 is 6.09 Å². The van der Waals surface area contributed by atoms with E-state index >= 15 is 0 Å². The van der Waals surface area contributed by atoms with Gasteiger partial charge in [-0.25, -0.2) is 4.79 Å². The highest BCUT2D eigenvalue weighted by Gasteiger charge is 2.21. The van der Waals surface area contributed by atoms with Crippen molar-refractivity contribution in [3.8, 4) is 0 Å². The molecule has 0 saturated carbocycles. The number of hydroxylamine groups is 2. The van der Waals surface area contributed by atoms with E-state index in [9.17, 15) is 4.79 Å². The van der Waals surface area contributed by atoms with Gasteiger partial charge in [0.25, 0.3) is 0 Å². The van der Waals surface area contributed by atoms with Crippen molar-refractivity contribution in [1.82, 2.24) is 10.4 Å². The molecule has 0 fully saturated rings. The number of unbranched alkanes of at least 4 members (excludes halogenated alkanes) is 26. The average molecular weight is 757 g/mol. The Morgan fingerprint density at radius 2 is 0.981 bits per heavy atom. The normalized spacial score (nSPS) is 12.5. The largest absolute Gasteiger partial charge is 0.449 e. The van der Waals surface area contributed by atoms with E-state index < -0.39 is 6.09 Å². The number of ether oxygens (including phenoxy) is 4. The van der Waals surface area contributed by atoms with Gasteiger partial charge in [-0.15, -0.1) is 0 Å². The van der Waals surface area contributed by atoms with Crippen molar-refractivity contribution in [2.24, 2.45) is 5.41 Å². The first-order valence-corrected chi connectivity index (χ1v) is 22.8. The quantitative estimate of drug-likeness (QED) is 0.0490. The number of hydrogen-bond acceptors (Lipinski definition) is 7. The van der Waals surface area contributed by atoms with E-state index in [1.54, 1.807) is 12.2 Å². The molecule has 318 valence electrons. The summed E-state index contributed by atoms with van der Waals surface area (Å²) in [6.45, 7) is 13.0. The van der Waals surface area contributed by atoms with Crippen molar-refractivity contribution in [3.63, 3.8) is 0 Å². The molecule has 1 atom stereocenters. The molecular formula is C45H92N2O6. The van der Waals surface area contributed by atoms with Crippen LogP contribution in [0.3, 0.4) is 0 Å². The van der Waals surface area contributed by atoms with Crippen LogP contribution in [0.4, 0.5) is 4.79 Å². The van der Waals surface area contributed by atoms with Crippen molar-refractivity contribution >= 4 is 6.09 Å². The fourth-order valence-corrected chi connectivity index (χ4v) is 6.51. The number of carbonyl (C=O) groups is 1. The molecule has 1 N–H and O–H groups in total. The Kier molecular flexibility index (Phi) is 40.0. The Labute approximate surface area is 330 Å². The van der Waals surface area contributed by atoms with Gasteiger partial charge in [0.05, 0.1) is 33.0 Å². The van der Waals surface area contributed by atoms with E-state index in [4.69, 9.17) is 23.8 Å². The average Bonchev–Trinajstić information content (AvgIpc) is 3.15. The molecule has 0 saturated heterocycles. The molecule has 0 aromatic carbocycles. The second-order valence-electron chi connectivity index (χ2n) is 16.5. The lowest BCUT2D eigenvalue weighted by Crippen LogP contribution is -2.38. The molecule has 0 bridgehead atoms. The number of nitrogens with one attached hydrogen (secondary N) is 1. The van der Waals surface area contributed by atoms with E-state index in [1.165, 1.54) is 167 Å². The van der Waals surface area contributed by atoms with E-state index in [1.807, 2.05) is 20.9 Å². The molecule has 8 nitrogen and oxygen atoms in total. The van der Waals surface area contributed by atoms with Gasteiger partial charge in [-0.3, -0.25) is 0 Å². The molecule has 0 radical (unpaired) electrons. The Bertz CT molecular complexity index is 740. The summed E-state index contributed by atoms with van der Waals surface area (Å²) in [5.41, 5.74) is -0.288. The summed E-state index contributed by atoms with van der Waals surface area (Å²) in [5.74, 6) is 0. The topological polar surface area (TPSA) is 78.5 Å². The van der Waals surface area contributed by atoms with E-state index in [2.05, 4.69) is 19.2 Å². The van der Waals surface area contributed by atoms with Crippen LogP contribution in [0.2, 0.25) is 0 Å². The fraction of sp³-hybridized carbons (Fsp3) is 0.978. The summed E-state index contributed by atoms with van der Waals surface area (Å²) in [4.78, 5) is 17.7.